The van der Waals surface area contributed by atoms with E-state index in [1.54, 1.807) is 34.6 Å². The van der Waals surface area contributed by atoms with E-state index in [9.17, 15) is 52.7 Å². The van der Waals surface area contributed by atoms with E-state index in [1.165, 1.54) is 47.8 Å². The third-order valence-electron chi connectivity index (χ3n) is 9.14. The molecule has 5 aliphatic heterocycles. The van der Waals surface area contributed by atoms with Crippen molar-refractivity contribution >= 4 is 65.7 Å². The number of rotatable bonds is 3. The Morgan fingerprint density at radius 1 is 0.645 bits per heavy atom. The summed E-state index contributed by atoms with van der Waals surface area (Å²) in [6, 6.07) is 0. The average molecular weight is 887 g/mol. The molecule has 0 aromatic rings. The van der Waals surface area contributed by atoms with Gasteiger partial charge in [0.05, 0.1) is 32.3 Å². The quantitative estimate of drug-likeness (QED) is 0.121. The summed E-state index contributed by atoms with van der Waals surface area (Å²) in [5.74, 6) is -8.28. The molecule has 0 aromatic heterocycles. The Morgan fingerprint density at radius 3 is 1.26 bits per heavy atom. The van der Waals surface area contributed by atoms with Gasteiger partial charge in [0, 0.05) is 48.0 Å². The van der Waals surface area contributed by atoms with Crippen molar-refractivity contribution in [2.75, 3.05) is 7.11 Å². The van der Waals surface area contributed by atoms with E-state index in [4.69, 9.17) is 28.4 Å². The molecule has 6 rings (SSSR count). The zero-order valence-electron chi connectivity index (χ0n) is 38.3. The second-order valence-electron chi connectivity index (χ2n) is 15.4. The minimum atomic E-state index is -1.14. The highest BCUT2D eigenvalue weighted by Crippen LogP contribution is 2.56. The highest BCUT2D eigenvalue weighted by atomic mass is 16.8. The largest absolute Gasteiger partial charge is 0.469 e. The van der Waals surface area contributed by atoms with Gasteiger partial charge in [-0.15, -0.1) is 0 Å². The van der Waals surface area contributed by atoms with E-state index < -0.39 is 75.9 Å². The van der Waals surface area contributed by atoms with Gasteiger partial charge in [0.25, 0.3) is 17.4 Å². The average Bonchev–Trinajstić information content (AvgIpc) is 3.54. The molecule has 1 spiro atoms. The maximum Gasteiger partial charge on any atom is 0.348 e. The van der Waals surface area contributed by atoms with Gasteiger partial charge in [-0.25, -0.2) is 9.59 Å². The Morgan fingerprint density at radius 2 is 1.03 bits per heavy atom. The van der Waals surface area contributed by atoms with Crippen molar-refractivity contribution in [3.63, 3.8) is 0 Å². The number of hydrogen-bond donors (Lipinski definition) is 0. The molecule has 5 saturated heterocycles. The number of hydrogen-bond acceptors (Lipinski definition) is 20. The van der Waals surface area contributed by atoms with Crippen molar-refractivity contribution in [2.24, 2.45) is 22.7 Å². The lowest BCUT2D eigenvalue weighted by Crippen LogP contribution is -2.52. The summed E-state index contributed by atoms with van der Waals surface area (Å²) in [7, 11) is 1.38. The van der Waals surface area contributed by atoms with E-state index in [0.717, 1.165) is 0 Å². The summed E-state index contributed by atoms with van der Waals surface area (Å²) in [6.07, 6.45) is 4.29. The SMILES string of the molecule is CC.CC1CC12C(=O)OC(C)(C)OC2=O.CC=C1C(=O)OC(C)(C)OC1=O.CCC(=O)OC.CCC1(C)C(=O)OC(C)(C)OC1=O.CCC1CC(=O)OC1=O.O=C1CCC(=O)O1. The van der Waals surface area contributed by atoms with E-state index in [0.29, 0.717) is 25.7 Å². The van der Waals surface area contributed by atoms with Crippen LogP contribution in [0.15, 0.2) is 11.6 Å². The van der Waals surface area contributed by atoms with Gasteiger partial charge in [-0.2, -0.15) is 0 Å². The van der Waals surface area contributed by atoms with Crippen molar-refractivity contribution in [1.82, 2.24) is 0 Å². The molecule has 1 aliphatic carbocycles. The summed E-state index contributed by atoms with van der Waals surface area (Å²) >= 11 is 0. The molecule has 0 N–H and O–H groups in total. The molecule has 6 aliphatic rings. The molecule has 20 nitrogen and oxygen atoms in total. The van der Waals surface area contributed by atoms with E-state index in [-0.39, 0.29) is 54.6 Å². The molecule has 6 fully saturated rings. The lowest BCUT2D eigenvalue weighted by molar-refractivity contribution is -0.250. The third-order valence-corrected chi connectivity index (χ3v) is 9.14. The molecule has 350 valence electrons. The van der Waals surface area contributed by atoms with Crippen LogP contribution in [-0.4, -0.2) is 90.1 Å². The zero-order chi connectivity index (χ0) is 48.6. The number of allylic oxidation sites excluding steroid dienone is 1. The van der Waals surface area contributed by atoms with Gasteiger partial charge >= 0.3 is 65.7 Å². The second kappa shape index (κ2) is 23.5. The van der Waals surface area contributed by atoms with Crippen LogP contribution in [0.1, 0.15) is 142 Å². The van der Waals surface area contributed by atoms with Gasteiger partial charge in [0.1, 0.15) is 5.57 Å². The number of carbonyl (C=O) groups is 11. The Balaban J connectivity index is 0.000000728. The Bertz CT molecular complexity index is 1620. The standard InChI is InChI=1S/C9H12O4.C9H14O4.C8H10O4.C6H8O3.C4H4O3.C4H8O2.C2H6/c1-5-4-9(5)6(10)12-8(2,3)13-7(9)11;1-5-9(4)6(10)12-8(2,3)13-7(9)11;1-4-5-6(9)11-8(2,3)12-7(5)10;1-2-4-3-5(7)9-6(4)8;5-3-1-2-4(6)7-3;1-3-4(5)6-2;1-2/h5H,4H2,1-3H3;5H2,1-4H3;4H,1-3H3;4H,2-3H2,1H3;1-2H2;3H2,1-2H3;1-2H3. The lowest BCUT2D eigenvalue weighted by Gasteiger charge is -2.37. The minimum absolute atomic E-state index is 0.0469. The Labute approximate surface area is 361 Å². The molecule has 1 saturated carbocycles. The summed E-state index contributed by atoms with van der Waals surface area (Å²) in [6.45, 7) is 23.5. The van der Waals surface area contributed by atoms with Crippen molar-refractivity contribution in [3.05, 3.63) is 11.6 Å². The molecule has 0 radical (unpaired) electrons. The first-order chi connectivity index (χ1) is 28.5. The van der Waals surface area contributed by atoms with Gasteiger partial charge < -0.3 is 42.6 Å². The zero-order valence-corrected chi connectivity index (χ0v) is 38.3. The van der Waals surface area contributed by atoms with Crippen LogP contribution in [0.2, 0.25) is 0 Å². The van der Waals surface area contributed by atoms with Gasteiger partial charge in [0.2, 0.25) is 0 Å². The molecule has 0 amide bonds. The van der Waals surface area contributed by atoms with Crippen molar-refractivity contribution in [2.45, 2.75) is 159 Å². The van der Waals surface area contributed by atoms with Crippen LogP contribution in [0.25, 0.3) is 0 Å². The number of ether oxygens (including phenoxy) is 9. The summed E-state index contributed by atoms with van der Waals surface area (Å²) < 4.78 is 42.2. The maximum atomic E-state index is 11.5. The van der Waals surface area contributed by atoms with Crippen LogP contribution in [0.4, 0.5) is 0 Å². The minimum Gasteiger partial charge on any atom is -0.469 e. The second-order valence-corrected chi connectivity index (χ2v) is 15.4. The van der Waals surface area contributed by atoms with Crippen molar-refractivity contribution in [1.29, 1.82) is 0 Å². The topological polar surface area (TPSA) is 271 Å². The molecule has 0 aromatic carbocycles. The fraction of sp³-hybridized carbons (Fsp3) is 0.690. The molecule has 2 unspecified atom stereocenters. The first-order valence-electron chi connectivity index (χ1n) is 20.1. The van der Waals surface area contributed by atoms with Crippen LogP contribution in [0.5, 0.6) is 0 Å². The molecule has 0 bridgehead atoms. The van der Waals surface area contributed by atoms with E-state index in [2.05, 4.69) is 14.2 Å². The van der Waals surface area contributed by atoms with Gasteiger partial charge in [-0.3, -0.25) is 43.2 Å². The highest BCUT2D eigenvalue weighted by Gasteiger charge is 2.69. The van der Waals surface area contributed by atoms with Crippen LogP contribution >= 0.6 is 0 Å². The van der Waals surface area contributed by atoms with Crippen LogP contribution in [0.3, 0.4) is 0 Å². The fourth-order valence-corrected chi connectivity index (χ4v) is 5.10. The molecular weight excluding hydrogens is 824 g/mol. The van der Waals surface area contributed by atoms with Crippen LogP contribution in [0, 0.1) is 22.7 Å². The Hall–Kier alpha value is -5.69. The van der Waals surface area contributed by atoms with Gasteiger partial charge in [-0.1, -0.05) is 47.6 Å². The lowest BCUT2D eigenvalue weighted by atomic mass is 9.87. The number of cyclic esters (lactones) is 10. The van der Waals surface area contributed by atoms with Crippen LogP contribution < -0.4 is 0 Å². The van der Waals surface area contributed by atoms with E-state index in [1.807, 2.05) is 27.7 Å². The summed E-state index contributed by atoms with van der Waals surface area (Å²) in [5.41, 5.74) is -2.14. The predicted molar refractivity (Wildman–Crippen MR) is 211 cm³/mol. The fourth-order valence-electron chi connectivity index (χ4n) is 5.10. The van der Waals surface area contributed by atoms with Crippen molar-refractivity contribution in [3.8, 4) is 0 Å². The molecular formula is C42H62O20. The van der Waals surface area contributed by atoms with E-state index >= 15 is 0 Å². The summed E-state index contributed by atoms with van der Waals surface area (Å²) in [4.78, 5) is 119. The normalized spacial score (nSPS) is 23.4. The third kappa shape index (κ3) is 16.3. The molecule has 2 atom stereocenters. The first-order valence-corrected chi connectivity index (χ1v) is 20.1. The van der Waals surface area contributed by atoms with Gasteiger partial charge in [-0.05, 0) is 39.0 Å². The maximum absolute atomic E-state index is 11.5. The van der Waals surface area contributed by atoms with Crippen molar-refractivity contribution < 1.29 is 95.4 Å². The molecule has 5 heterocycles. The molecule has 20 heteroatoms. The first kappa shape index (κ1) is 56.3. The monoisotopic (exact) mass is 886 g/mol. The Kier molecular flexibility index (Phi) is 21.3. The van der Waals surface area contributed by atoms with Crippen LogP contribution in [-0.2, 0) is 95.4 Å². The predicted octanol–water partition coefficient (Wildman–Crippen LogP) is 4.79. The number of esters is 11. The highest BCUT2D eigenvalue weighted by molar-refractivity contribution is 6.15. The smallest absolute Gasteiger partial charge is 0.348 e. The molecule has 62 heavy (non-hydrogen) atoms. The summed E-state index contributed by atoms with van der Waals surface area (Å²) in [5, 5.41) is 0. The van der Waals surface area contributed by atoms with Gasteiger partial charge in [0.15, 0.2) is 10.8 Å². The number of methoxy groups -OCH3 is 1. The number of carbonyl (C=O) groups excluding carboxylic acids is 11.